The minimum Gasteiger partial charge on any atom is -0.464 e. The molecular weight excluding hydrogens is 300 g/mol. The molecular formula is C11H22N4O5S. The second-order valence-electron chi connectivity index (χ2n) is 4.74. The van der Waals surface area contributed by atoms with E-state index in [0.29, 0.717) is 0 Å². The lowest BCUT2D eigenvalue weighted by molar-refractivity contribution is -0.151. The van der Waals surface area contributed by atoms with Gasteiger partial charge < -0.3 is 15.4 Å². The molecule has 0 aromatic carbocycles. The lowest BCUT2D eigenvalue weighted by atomic mass is 10.2. The second-order valence-corrected chi connectivity index (χ2v) is 6.89. The van der Waals surface area contributed by atoms with Crippen molar-refractivity contribution in [3.05, 3.63) is 0 Å². The molecule has 0 radical (unpaired) electrons. The van der Waals surface area contributed by atoms with Crippen molar-refractivity contribution in [3.63, 3.8) is 0 Å². The molecule has 0 saturated carbocycles. The quantitative estimate of drug-likeness (QED) is 0.455. The Bertz CT molecular complexity index is 485. The molecule has 21 heavy (non-hydrogen) atoms. The third-order valence-corrected chi connectivity index (χ3v) is 5.09. The molecule has 1 rings (SSSR count). The molecule has 1 saturated heterocycles. The van der Waals surface area contributed by atoms with Crippen LogP contribution in [0.3, 0.4) is 0 Å². The smallest absolute Gasteiger partial charge is 0.332 e. The molecule has 122 valence electrons. The Morgan fingerprint density at radius 2 is 1.76 bits per heavy atom. The number of hydrogen-bond donors (Lipinski definition) is 1. The third-order valence-electron chi connectivity index (χ3n) is 3.14. The van der Waals surface area contributed by atoms with Crippen LogP contribution in [0.1, 0.15) is 6.92 Å². The van der Waals surface area contributed by atoms with Crippen LogP contribution in [-0.2, 0) is 24.5 Å². The van der Waals surface area contributed by atoms with Gasteiger partial charge in [-0.15, -0.1) is 0 Å². The molecule has 1 aliphatic heterocycles. The van der Waals surface area contributed by atoms with Gasteiger partial charge in [0.25, 0.3) is 16.1 Å². The largest absolute Gasteiger partial charge is 0.464 e. The monoisotopic (exact) mass is 322 g/mol. The number of rotatable bonds is 5. The number of nitrogens with zero attached hydrogens (tertiary/aromatic N) is 3. The number of piperazine rings is 1. The van der Waals surface area contributed by atoms with Gasteiger partial charge in [-0.3, -0.25) is 4.79 Å². The molecule has 1 aliphatic rings. The van der Waals surface area contributed by atoms with Crippen molar-refractivity contribution in [2.75, 3.05) is 46.9 Å². The van der Waals surface area contributed by atoms with Crippen LogP contribution in [0, 0.1) is 0 Å². The number of carbonyl (C=O) groups excluding carboxylic acids is 2. The Hall–Kier alpha value is -1.23. The summed E-state index contributed by atoms with van der Waals surface area (Å²) in [6, 6.07) is -1.36. The van der Waals surface area contributed by atoms with E-state index in [-0.39, 0.29) is 32.8 Å². The highest BCUT2D eigenvalue weighted by atomic mass is 32.2. The average Bonchev–Trinajstić information content (AvgIpc) is 2.45. The highest BCUT2D eigenvalue weighted by Crippen LogP contribution is 2.10. The first-order chi connectivity index (χ1) is 9.71. The van der Waals surface area contributed by atoms with Crippen LogP contribution in [0.2, 0.25) is 0 Å². The fourth-order valence-corrected chi connectivity index (χ4v) is 2.99. The van der Waals surface area contributed by atoms with Crippen LogP contribution in [0.5, 0.6) is 0 Å². The topological polar surface area (TPSA) is 113 Å². The Labute approximate surface area is 124 Å². The molecule has 0 spiro atoms. The van der Waals surface area contributed by atoms with Crippen molar-refractivity contribution < 1.29 is 22.7 Å². The van der Waals surface area contributed by atoms with E-state index in [1.54, 1.807) is 6.92 Å². The highest BCUT2D eigenvalue weighted by molar-refractivity contribution is 7.86. The summed E-state index contributed by atoms with van der Waals surface area (Å²) in [7, 11) is -0.593. The van der Waals surface area contributed by atoms with Crippen LogP contribution in [-0.4, -0.2) is 86.7 Å². The summed E-state index contributed by atoms with van der Waals surface area (Å²) in [6.07, 6.45) is 0. The van der Waals surface area contributed by atoms with Gasteiger partial charge in [0.05, 0.1) is 6.61 Å². The van der Waals surface area contributed by atoms with Gasteiger partial charge in [0.1, 0.15) is 0 Å². The van der Waals surface area contributed by atoms with Crippen molar-refractivity contribution in [3.8, 4) is 0 Å². The summed E-state index contributed by atoms with van der Waals surface area (Å²) in [5.41, 5.74) is 5.54. The molecule has 9 nitrogen and oxygen atoms in total. The van der Waals surface area contributed by atoms with E-state index in [0.717, 1.165) is 4.31 Å². The van der Waals surface area contributed by atoms with Crippen LogP contribution in [0.15, 0.2) is 0 Å². The van der Waals surface area contributed by atoms with Gasteiger partial charge in [-0.1, -0.05) is 0 Å². The van der Waals surface area contributed by atoms with E-state index in [9.17, 15) is 18.0 Å². The van der Waals surface area contributed by atoms with Crippen molar-refractivity contribution in [1.29, 1.82) is 0 Å². The predicted octanol–water partition coefficient (Wildman–Crippen LogP) is -2.17. The molecule has 2 N–H and O–H groups in total. The maximum absolute atomic E-state index is 12.0. The molecule has 1 atom stereocenters. The summed E-state index contributed by atoms with van der Waals surface area (Å²) in [4.78, 5) is 24.8. The summed E-state index contributed by atoms with van der Waals surface area (Å²) < 4.78 is 31.0. The van der Waals surface area contributed by atoms with Crippen molar-refractivity contribution in [2.45, 2.75) is 13.0 Å². The standard InChI is InChI=1S/C11H22N4O5S/c1-4-20-11(17)9(12)10(16)14-5-7-15(8-6-14)21(18,19)13(2)3/h9H,4-8,12H2,1-3H3. The van der Waals surface area contributed by atoms with Crippen LogP contribution in [0.4, 0.5) is 0 Å². The first kappa shape index (κ1) is 17.8. The molecule has 0 bridgehead atoms. The van der Waals surface area contributed by atoms with Gasteiger partial charge in [0.15, 0.2) is 6.04 Å². The lowest BCUT2D eigenvalue weighted by Gasteiger charge is -2.35. The molecule has 0 aromatic heterocycles. The third kappa shape index (κ3) is 4.13. The van der Waals surface area contributed by atoms with E-state index in [1.807, 2.05) is 0 Å². The van der Waals surface area contributed by atoms with Gasteiger partial charge in [0.2, 0.25) is 0 Å². The summed E-state index contributed by atoms with van der Waals surface area (Å²) >= 11 is 0. The Morgan fingerprint density at radius 1 is 1.24 bits per heavy atom. The van der Waals surface area contributed by atoms with Gasteiger partial charge >= 0.3 is 5.97 Å². The average molecular weight is 322 g/mol. The number of carbonyl (C=O) groups is 2. The normalized spacial score (nSPS) is 18.6. The predicted molar refractivity (Wildman–Crippen MR) is 75.4 cm³/mol. The van der Waals surface area contributed by atoms with E-state index in [2.05, 4.69) is 0 Å². The molecule has 1 amide bonds. The number of ether oxygens (including phenoxy) is 1. The summed E-state index contributed by atoms with van der Waals surface area (Å²) in [5.74, 6) is -1.32. The van der Waals surface area contributed by atoms with Crippen molar-refractivity contribution >= 4 is 22.1 Å². The fraction of sp³-hybridized carbons (Fsp3) is 0.818. The number of nitrogens with two attached hydrogens (primary N) is 1. The zero-order chi connectivity index (χ0) is 16.2. The molecule has 10 heteroatoms. The van der Waals surface area contributed by atoms with Crippen molar-refractivity contribution in [1.82, 2.24) is 13.5 Å². The van der Waals surface area contributed by atoms with Gasteiger partial charge in [-0.25, -0.2) is 4.79 Å². The molecule has 0 aliphatic carbocycles. The van der Waals surface area contributed by atoms with E-state index in [1.165, 1.54) is 23.3 Å². The molecule has 0 aromatic rings. The van der Waals surface area contributed by atoms with E-state index >= 15 is 0 Å². The summed E-state index contributed by atoms with van der Waals surface area (Å²) in [5, 5.41) is 0. The first-order valence-electron chi connectivity index (χ1n) is 6.60. The SMILES string of the molecule is CCOC(=O)C(N)C(=O)N1CCN(S(=O)(=O)N(C)C)CC1. The van der Waals surface area contributed by atoms with E-state index < -0.39 is 28.1 Å². The zero-order valence-corrected chi connectivity index (χ0v) is 13.3. The highest BCUT2D eigenvalue weighted by Gasteiger charge is 2.34. The molecule has 1 unspecified atom stereocenters. The minimum atomic E-state index is -3.49. The first-order valence-corrected chi connectivity index (χ1v) is 8.00. The van der Waals surface area contributed by atoms with Gasteiger partial charge in [-0.05, 0) is 6.92 Å². The fourth-order valence-electron chi connectivity index (χ4n) is 1.90. The molecule has 1 heterocycles. The Kier molecular flexibility index (Phi) is 6.08. The Morgan fingerprint density at radius 3 is 2.19 bits per heavy atom. The van der Waals surface area contributed by atoms with Crippen LogP contribution < -0.4 is 5.73 Å². The maximum atomic E-state index is 12.0. The lowest BCUT2D eigenvalue weighted by Crippen LogP contribution is -2.57. The van der Waals surface area contributed by atoms with Crippen LogP contribution >= 0.6 is 0 Å². The van der Waals surface area contributed by atoms with Crippen molar-refractivity contribution in [2.24, 2.45) is 5.73 Å². The number of esters is 1. The maximum Gasteiger partial charge on any atom is 0.332 e. The Balaban J connectivity index is 2.61. The number of amides is 1. The second kappa shape index (κ2) is 7.16. The van der Waals surface area contributed by atoms with E-state index in [4.69, 9.17) is 10.5 Å². The molecule has 1 fully saturated rings. The summed E-state index contributed by atoms with van der Waals surface area (Å²) in [6.45, 7) is 2.50. The van der Waals surface area contributed by atoms with Crippen LogP contribution in [0.25, 0.3) is 0 Å². The van der Waals surface area contributed by atoms with Gasteiger partial charge in [0, 0.05) is 40.3 Å². The number of hydrogen-bond acceptors (Lipinski definition) is 6. The minimum absolute atomic E-state index is 0.147. The van der Waals surface area contributed by atoms with Gasteiger partial charge in [-0.2, -0.15) is 17.0 Å². The zero-order valence-electron chi connectivity index (χ0n) is 12.5.